The molecule has 0 bridgehead atoms. The number of nitrogens with zero attached hydrogens (tertiary/aromatic N) is 1. The fraction of sp³-hybridized carbons (Fsp3) is 0.588. The molecule has 1 aliphatic heterocycles. The Labute approximate surface area is 134 Å². The molecular formula is C17H27ClN2O. The molecule has 1 saturated heterocycles. The van der Waals surface area contributed by atoms with Gasteiger partial charge in [0.05, 0.1) is 0 Å². The second-order valence-corrected chi connectivity index (χ2v) is 6.67. The van der Waals surface area contributed by atoms with E-state index in [4.69, 9.17) is 5.73 Å². The van der Waals surface area contributed by atoms with Gasteiger partial charge in [-0.15, -0.1) is 12.4 Å². The topological polar surface area (TPSA) is 46.3 Å². The van der Waals surface area contributed by atoms with Gasteiger partial charge in [0.25, 0.3) is 0 Å². The van der Waals surface area contributed by atoms with Crippen LogP contribution in [0.25, 0.3) is 0 Å². The highest BCUT2D eigenvalue weighted by Gasteiger charge is 2.35. The Morgan fingerprint density at radius 1 is 1.29 bits per heavy atom. The Balaban J connectivity index is 0.00000220. The first-order valence-electron chi connectivity index (χ1n) is 7.51. The molecular weight excluding hydrogens is 284 g/mol. The lowest BCUT2D eigenvalue weighted by Gasteiger charge is -2.25. The third kappa shape index (κ3) is 4.45. The van der Waals surface area contributed by atoms with E-state index in [9.17, 15) is 4.79 Å². The lowest BCUT2D eigenvalue weighted by Crippen LogP contribution is -2.34. The monoisotopic (exact) mass is 310 g/mol. The van der Waals surface area contributed by atoms with Gasteiger partial charge in [-0.1, -0.05) is 57.5 Å². The normalized spacial score (nSPS) is 22.0. The maximum absolute atomic E-state index is 12.4. The summed E-state index contributed by atoms with van der Waals surface area (Å²) in [4.78, 5) is 14.4. The van der Waals surface area contributed by atoms with Crippen molar-refractivity contribution in [3.63, 3.8) is 0 Å². The average Bonchev–Trinajstić information content (AvgIpc) is 2.81. The zero-order chi connectivity index (χ0) is 14.8. The third-order valence-electron chi connectivity index (χ3n) is 4.53. The molecule has 0 aromatic heterocycles. The lowest BCUT2D eigenvalue weighted by atomic mass is 9.86. The molecule has 0 saturated carbocycles. The predicted octanol–water partition coefficient (Wildman–Crippen LogP) is 3.19. The van der Waals surface area contributed by atoms with E-state index in [1.165, 1.54) is 5.56 Å². The third-order valence-corrected chi connectivity index (χ3v) is 4.53. The Hall–Kier alpha value is -1.06. The molecule has 3 nitrogen and oxygen atoms in total. The van der Waals surface area contributed by atoms with Gasteiger partial charge in [-0.3, -0.25) is 4.79 Å². The van der Waals surface area contributed by atoms with Crippen molar-refractivity contribution in [2.75, 3.05) is 13.1 Å². The summed E-state index contributed by atoms with van der Waals surface area (Å²) < 4.78 is 0. The van der Waals surface area contributed by atoms with Gasteiger partial charge < -0.3 is 10.6 Å². The van der Waals surface area contributed by atoms with E-state index in [-0.39, 0.29) is 35.7 Å². The number of benzene rings is 1. The Kier molecular flexibility index (Phi) is 6.24. The number of hydrogen-bond donors (Lipinski definition) is 1. The summed E-state index contributed by atoms with van der Waals surface area (Å²) in [5, 5.41) is 0. The molecule has 0 radical (unpaired) electrons. The van der Waals surface area contributed by atoms with Crippen LogP contribution in [0.1, 0.15) is 45.1 Å². The largest absolute Gasteiger partial charge is 0.340 e. The molecule has 1 aromatic rings. The summed E-state index contributed by atoms with van der Waals surface area (Å²) in [6.07, 6.45) is 1.62. The van der Waals surface area contributed by atoms with Gasteiger partial charge in [-0.2, -0.15) is 0 Å². The molecule has 2 N–H and O–H groups in total. The number of hydrogen-bond acceptors (Lipinski definition) is 2. The molecule has 2 atom stereocenters. The van der Waals surface area contributed by atoms with Crippen LogP contribution in [0.5, 0.6) is 0 Å². The Morgan fingerprint density at radius 3 is 2.48 bits per heavy atom. The van der Waals surface area contributed by atoms with Crippen LogP contribution in [0.3, 0.4) is 0 Å². The smallest absolute Gasteiger partial charge is 0.223 e. The fourth-order valence-electron chi connectivity index (χ4n) is 2.73. The van der Waals surface area contributed by atoms with Crippen LogP contribution < -0.4 is 5.73 Å². The molecule has 1 aromatic carbocycles. The maximum Gasteiger partial charge on any atom is 0.223 e. The number of carbonyl (C=O) groups is 1. The SMILES string of the molecule is CCC(C)(C)CC(=O)N1C[C@@H](N)[C@H](c2ccccc2)C1.Cl. The molecule has 1 fully saturated rings. The van der Waals surface area contributed by atoms with E-state index in [0.29, 0.717) is 13.0 Å². The van der Waals surface area contributed by atoms with Gasteiger partial charge in [-0.05, 0) is 11.0 Å². The highest BCUT2D eigenvalue weighted by molar-refractivity contribution is 5.85. The number of amides is 1. The standard InChI is InChI=1S/C17H26N2O.ClH/c1-4-17(2,3)10-16(20)19-11-14(15(18)12-19)13-8-6-5-7-9-13;/h5-9,14-15H,4,10-12,18H2,1-3H3;1H/t14-,15+;/m0./s1. The van der Waals surface area contributed by atoms with Crippen LogP contribution in [0.4, 0.5) is 0 Å². The number of likely N-dealkylation sites (tertiary alicyclic amines) is 1. The molecule has 1 heterocycles. The van der Waals surface area contributed by atoms with Crippen molar-refractivity contribution in [3.05, 3.63) is 35.9 Å². The zero-order valence-corrected chi connectivity index (χ0v) is 14.0. The second kappa shape index (κ2) is 7.28. The van der Waals surface area contributed by atoms with Crippen LogP contribution in [0.2, 0.25) is 0 Å². The maximum atomic E-state index is 12.4. The summed E-state index contributed by atoms with van der Waals surface area (Å²) in [5.41, 5.74) is 7.56. The van der Waals surface area contributed by atoms with Crippen molar-refractivity contribution in [2.45, 2.75) is 45.6 Å². The fourth-order valence-corrected chi connectivity index (χ4v) is 2.73. The second-order valence-electron chi connectivity index (χ2n) is 6.67. The molecule has 0 spiro atoms. The summed E-state index contributed by atoms with van der Waals surface area (Å²) >= 11 is 0. The van der Waals surface area contributed by atoms with Crippen molar-refractivity contribution in [2.24, 2.45) is 11.1 Å². The van der Waals surface area contributed by atoms with Crippen LogP contribution >= 0.6 is 12.4 Å². The zero-order valence-electron chi connectivity index (χ0n) is 13.2. The van der Waals surface area contributed by atoms with E-state index < -0.39 is 0 Å². The van der Waals surface area contributed by atoms with Crippen LogP contribution in [0.15, 0.2) is 30.3 Å². The molecule has 0 unspecified atom stereocenters. The van der Waals surface area contributed by atoms with Gasteiger partial charge in [0.2, 0.25) is 5.91 Å². The van der Waals surface area contributed by atoms with Gasteiger partial charge >= 0.3 is 0 Å². The molecule has 1 amide bonds. The minimum absolute atomic E-state index is 0. The average molecular weight is 311 g/mol. The van der Waals surface area contributed by atoms with Gasteiger partial charge in [0.15, 0.2) is 0 Å². The van der Waals surface area contributed by atoms with Crippen LogP contribution in [-0.4, -0.2) is 29.9 Å². The molecule has 2 rings (SSSR count). The molecule has 118 valence electrons. The number of carbonyl (C=O) groups excluding carboxylic acids is 1. The number of nitrogens with two attached hydrogens (primary N) is 1. The predicted molar refractivity (Wildman–Crippen MR) is 89.7 cm³/mol. The van der Waals surface area contributed by atoms with Crippen LogP contribution in [0, 0.1) is 5.41 Å². The van der Waals surface area contributed by atoms with Crippen molar-refractivity contribution >= 4 is 18.3 Å². The first-order valence-corrected chi connectivity index (χ1v) is 7.51. The van der Waals surface area contributed by atoms with E-state index in [2.05, 4.69) is 32.9 Å². The molecule has 1 aliphatic rings. The summed E-state index contributed by atoms with van der Waals surface area (Å²) in [5.74, 6) is 0.510. The Morgan fingerprint density at radius 2 is 1.90 bits per heavy atom. The van der Waals surface area contributed by atoms with E-state index in [1.54, 1.807) is 0 Å². The Bertz CT molecular complexity index is 461. The van der Waals surface area contributed by atoms with Crippen molar-refractivity contribution in [1.82, 2.24) is 4.90 Å². The van der Waals surface area contributed by atoms with Crippen molar-refractivity contribution in [3.8, 4) is 0 Å². The first kappa shape index (κ1) is 18.0. The highest BCUT2D eigenvalue weighted by Crippen LogP contribution is 2.30. The summed E-state index contributed by atoms with van der Waals surface area (Å²) in [6.45, 7) is 7.86. The van der Waals surface area contributed by atoms with Gasteiger partial charge in [0.1, 0.15) is 0 Å². The van der Waals surface area contributed by atoms with Crippen LogP contribution in [-0.2, 0) is 4.79 Å². The van der Waals surface area contributed by atoms with Gasteiger partial charge in [0, 0.05) is 31.5 Å². The molecule has 0 aliphatic carbocycles. The minimum atomic E-state index is 0. The quantitative estimate of drug-likeness (QED) is 0.928. The van der Waals surface area contributed by atoms with E-state index in [0.717, 1.165) is 13.0 Å². The molecule has 4 heteroatoms. The number of halogens is 1. The van der Waals surface area contributed by atoms with Crippen molar-refractivity contribution in [1.29, 1.82) is 0 Å². The number of rotatable bonds is 4. The summed E-state index contributed by atoms with van der Waals surface area (Å²) in [7, 11) is 0. The first-order chi connectivity index (χ1) is 9.43. The molecule has 21 heavy (non-hydrogen) atoms. The highest BCUT2D eigenvalue weighted by atomic mass is 35.5. The lowest BCUT2D eigenvalue weighted by molar-refractivity contribution is -0.132. The van der Waals surface area contributed by atoms with Gasteiger partial charge in [-0.25, -0.2) is 0 Å². The van der Waals surface area contributed by atoms with E-state index >= 15 is 0 Å². The van der Waals surface area contributed by atoms with Crippen molar-refractivity contribution < 1.29 is 4.79 Å². The minimum Gasteiger partial charge on any atom is -0.340 e. The van der Waals surface area contributed by atoms with E-state index in [1.807, 2.05) is 23.1 Å². The summed E-state index contributed by atoms with van der Waals surface area (Å²) in [6, 6.07) is 10.3.